The molecule has 5 heteroatoms. The summed E-state index contributed by atoms with van der Waals surface area (Å²) in [6.45, 7) is 6.90. The van der Waals surface area contributed by atoms with Crippen LogP contribution in [0.2, 0.25) is 5.02 Å². The average Bonchev–Trinajstić information content (AvgIpc) is 2.74. The van der Waals surface area contributed by atoms with E-state index in [0.717, 1.165) is 28.0 Å². The molecule has 1 amide bonds. The second-order valence-corrected chi connectivity index (χ2v) is 7.77. The largest absolute Gasteiger partial charge is 0.496 e. The van der Waals surface area contributed by atoms with Crippen molar-refractivity contribution in [1.82, 2.24) is 5.32 Å². The predicted octanol–water partition coefficient (Wildman–Crippen LogP) is 5.78. The molecule has 3 aromatic carbocycles. The molecular weight excluding hydrogens is 398 g/mol. The molecule has 0 spiro atoms. The molecule has 0 atom stereocenters. The molecule has 0 aliphatic rings. The van der Waals surface area contributed by atoms with Crippen LogP contribution in [0, 0.1) is 20.8 Å². The van der Waals surface area contributed by atoms with E-state index in [1.807, 2.05) is 38.1 Å². The molecule has 0 heterocycles. The third kappa shape index (κ3) is 5.33. The first-order valence-corrected chi connectivity index (χ1v) is 10.2. The van der Waals surface area contributed by atoms with Crippen LogP contribution in [0.1, 0.15) is 38.2 Å². The number of nitrogens with one attached hydrogen (secondary N) is 1. The molecule has 0 bridgehead atoms. The first kappa shape index (κ1) is 21.7. The summed E-state index contributed by atoms with van der Waals surface area (Å²) in [5.41, 5.74) is 5.80. The van der Waals surface area contributed by atoms with Gasteiger partial charge in [-0.3, -0.25) is 4.79 Å². The monoisotopic (exact) mass is 423 g/mol. The molecule has 0 aliphatic heterocycles. The van der Waals surface area contributed by atoms with Crippen LogP contribution < -0.4 is 14.8 Å². The van der Waals surface area contributed by atoms with Crippen molar-refractivity contribution in [3.8, 4) is 11.5 Å². The highest BCUT2D eigenvalue weighted by Gasteiger charge is 2.12. The molecule has 4 nitrogen and oxygen atoms in total. The minimum absolute atomic E-state index is 0.156. The summed E-state index contributed by atoms with van der Waals surface area (Å²) in [7, 11) is 1.61. The molecule has 0 fully saturated rings. The highest BCUT2D eigenvalue weighted by molar-refractivity contribution is 6.30. The first-order valence-electron chi connectivity index (χ1n) is 9.77. The molecule has 0 saturated carbocycles. The van der Waals surface area contributed by atoms with E-state index in [1.165, 1.54) is 5.56 Å². The van der Waals surface area contributed by atoms with Crippen molar-refractivity contribution in [1.29, 1.82) is 0 Å². The number of amides is 1. The highest BCUT2D eigenvalue weighted by atomic mass is 35.5. The van der Waals surface area contributed by atoms with Crippen LogP contribution in [-0.4, -0.2) is 13.0 Å². The summed E-state index contributed by atoms with van der Waals surface area (Å²) in [5.74, 6) is 1.37. The number of carbonyl (C=O) groups is 1. The summed E-state index contributed by atoms with van der Waals surface area (Å²) in [6, 6.07) is 16.9. The highest BCUT2D eigenvalue weighted by Crippen LogP contribution is 2.27. The molecular formula is C25H26ClNO3. The van der Waals surface area contributed by atoms with Gasteiger partial charge in [-0.05, 0) is 79.4 Å². The van der Waals surface area contributed by atoms with Crippen molar-refractivity contribution in [2.24, 2.45) is 0 Å². The third-order valence-corrected chi connectivity index (χ3v) is 5.31. The summed E-state index contributed by atoms with van der Waals surface area (Å²) >= 11 is 5.91. The zero-order valence-corrected chi connectivity index (χ0v) is 18.5. The Hall–Kier alpha value is -2.98. The zero-order chi connectivity index (χ0) is 21.7. The van der Waals surface area contributed by atoms with Crippen LogP contribution in [-0.2, 0) is 13.2 Å². The van der Waals surface area contributed by atoms with Crippen LogP contribution in [0.4, 0.5) is 0 Å². The molecule has 0 aromatic heterocycles. The number of benzene rings is 3. The van der Waals surface area contributed by atoms with Crippen molar-refractivity contribution in [3.05, 3.63) is 93.0 Å². The Morgan fingerprint density at radius 3 is 2.40 bits per heavy atom. The van der Waals surface area contributed by atoms with E-state index in [-0.39, 0.29) is 5.91 Å². The van der Waals surface area contributed by atoms with Gasteiger partial charge in [-0.15, -0.1) is 0 Å². The fraction of sp³-hybridized carbons (Fsp3) is 0.240. The normalized spacial score (nSPS) is 10.6. The Balaban J connectivity index is 1.73. The molecule has 156 valence electrons. The van der Waals surface area contributed by atoms with E-state index in [9.17, 15) is 4.79 Å². The van der Waals surface area contributed by atoms with Gasteiger partial charge in [0.25, 0.3) is 5.91 Å². The molecule has 0 unspecified atom stereocenters. The van der Waals surface area contributed by atoms with Crippen LogP contribution in [0.5, 0.6) is 11.5 Å². The van der Waals surface area contributed by atoms with E-state index < -0.39 is 0 Å². The maximum absolute atomic E-state index is 12.6. The molecule has 0 saturated heterocycles. The van der Waals surface area contributed by atoms with Gasteiger partial charge in [-0.1, -0.05) is 29.8 Å². The van der Waals surface area contributed by atoms with E-state index in [1.54, 1.807) is 31.4 Å². The van der Waals surface area contributed by atoms with Crippen molar-refractivity contribution < 1.29 is 14.3 Å². The standard InChI is InChI=1S/C25H26ClNO3/c1-16-11-17(2)18(3)24(12-16)30-15-21-13-20(7-10-23(21)29-4)25(28)27-14-19-5-8-22(26)9-6-19/h5-13H,14-15H2,1-4H3,(H,27,28). The number of hydrogen-bond acceptors (Lipinski definition) is 3. The summed E-state index contributed by atoms with van der Waals surface area (Å²) < 4.78 is 11.5. The minimum Gasteiger partial charge on any atom is -0.496 e. The lowest BCUT2D eigenvalue weighted by atomic mass is 10.1. The lowest BCUT2D eigenvalue weighted by molar-refractivity contribution is 0.0950. The molecule has 3 aromatic rings. The molecule has 0 aliphatic carbocycles. The van der Waals surface area contributed by atoms with Gasteiger partial charge in [0.15, 0.2) is 0 Å². The van der Waals surface area contributed by atoms with Gasteiger partial charge >= 0.3 is 0 Å². The molecule has 3 rings (SSSR count). The van der Waals surface area contributed by atoms with Gasteiger partial charge in [0.2, 0.25) is 0 Å². The third-order valence-electron chi connectivity index (χ3n) is 5.06. The molecule has 0 radical (unpaired) electrons. The van der Waals surface area contributed by atoms with Crippen LogP contribution in [0.25, 0.3) is 0 Å². The van der Waals surface area contributed by atoms with Crippen molar-refractivity contribution >= 4 is 17.5 Å². The summed E-state index contributed by atoms with van der Waals surface area (Å²) in [6.07, 6.45) is 0. The van der Waals surface area contributed by atoms with Gasteiger partial charge < -0.3 is 14.8 Å². The Kier molecular flexibility index (Phi) is 7.01. The maximum atomic E-state index is 12.6. The number of aryl methyl sites for hydroxylation is 2. The Morgan fingerprint density at radius 1 is 0.967 bits per heavy atom. The first-order chi connectivity index (χ1) is 14.4. The fourth-order valence-corrected chi connectivity index (χ4v) is 3.35. The smallest absolute Gasteiger partial charge is 0.251 e. The lowest BCUT2D eigenvalue weighted by Crippen LogP contribution is -2.23. The summed E-state index contributed by atoms with van der Waals surface area (Å²) in [4.78, 5) is 12.6. The fourth-order valence-electron chi connectivity index (χ4n) is 3.23. The number of methoxy groups -OCH3 is 1. The van der Waals surface area contributed by atoms with Gasteiger partial charge in [0, 0.05) is 22.7 Å². The predicted molar refractivity (Wildman–Crippen MR) is 121 cm³/mol. The number of ether oxygens (including phenoxy) is 2. The lowest BCUT2D eigenvalue weighted by Gasteiger charge is -2.15. The van der Waals surface area contributed by atoms with Gasteiger partial charge in [-0.25, -0.2) is 0 Å². The van der Waals surface area contributed by atoms with Crippen molar-refractivity contribution in [2.45, 2.75) is 33.9 Å². The number of halogens is 1. The second-order valence-electron chi connectivity index (χ2n) is 7.33. The second kappa shape index (κ2) is 9.68. The Morgan fingerprint density at radius 2 is 1.70 bits per heavy atom. The average molecular weight is 424 g/mol. The number of rotatable bonds is 7. The number of hydrogen-bond donors (Lipinski definition) is 1. The van der Waals surface area contributed by atoms with E-state index in [0.29, 0.717) is 29.5 Å². The van der Waals surface area contributed by atoms with Gasteiger partial charge in [0.1, 0.15) is 18.1 Å². The minimum atomic E-state index is -0.156. The van der Waals surface area contributed by atoms with Crippen molar-refractivity contribution in [2.75, 3.05) is 7.11 Å². The van der Waals surface area contributed by atoms with Crippen LogP contribution in [0.15, 0.2) is 54.6 Å². The van der Waals surface area contributed by atoms with Crippen LogP contribution >= 0.6 is 11.6 Å². The molecule has 30 heavy (non-hydrogen) atoms. The van der Waals surface area contributed by atoms with Crippen molar-refractivity contribution in [3.63, 3.8) is 0 Å². The Labute approximate surface area is 182 Å². The van der Waals surface area contributed by atoms with Gasteiger partial charge in [0.05, 0.1) is 7.11 Å². The van der Waals surface area contributed by atoms with E-state index >= 15 is 0 Å². The summed E-state index contributed by atoms with van der Waals surface area (Å²) in [5, 5.41) is 3.60. The van der Waals surface area contributed by atoms with Gasteiger partial charge in [-0.2, -0.15) is 0 Å². The molecule has 1 N–H and O–H groups in total. The topological polar surface area (TPSA) is 47.6 Å². The van der Waals surface area contributed by atoms with E-state index in [4.69, 9.17) is 21.1 Å². The maximum Gasteiger partial charge on any atom is 0.251 e. The number of carbonyl (C=O) groups excluding carboxylic acids is 1. The Bertz CT molecular complexity index is 1050. The van der Waals surface area contributed by atoms with Crippen LogP contribution in [0.3, 0.4) is 0 Å². The SMILES string of the molecule is COc1ccc(C(=O)NCc2ccc(Cl)cc2)cc1COc1cc(C)cc(C)c1C. The quantitative estimate of drug-likeness (QED) is 0.523. The zero-order valence-electron chi connectivity index (χ0n) is 17.7. The van der Waals surface area contributed by atoms with E-state index in [2.05, 4.69) is 18.3 Å².